The van der Waals surface area contributed by atoms with Gasteiger partial charge >= 0.3 is 0 Å². The van der Waals surface area contributed by atoms with E-state index in [0.717, 1.165) is 42.6 Å². The molecule has 0 saturated carbocycles. The van der Waals surface area contributed by atoms with Crippen LogP contribution in [0.3, 0.4) is 0 Å². The Morgan fingerprint density at radius 3 is 2.70 bits per heavy atom. The van der Waals surface area contributed by atoms with Crippen molar-refractivity contribution in [3.63, 3.8) is 0 Å². The number of nitrogen functional groups attached to an aromatic ring is 1. The van der Waals surface area contributed by atoms with E-state index in [2.05, 4.69) is 20.6 Å². The summed E-state index contributed by atoms with van der Waals surface area (Å²) in [5.74, 6) is 5.21. The summed E-state index contributed by atoms with van der Waals surface area (Å²) in [4.78, 5) is 19.2. The van der Waals surface area contributed by atoms with Crippen LogP contribution >= 0.6 is 11.3 Å². The first-order valence-electron chi connectivity index (χ1n) is 7.38. The molecule has 0 aliphatic carbocycles. The Kier molecular flexibility index (Phi) is 5.06. The SMILES string of the molecule is NNc1ncc(CC(=O)Nc2ccc(N3CCOCC3)cc2)s1. The van der Waals surface area contributed by atoms with E-state index >= 15 is 0 Å². The van der Waals surface area contributed by atoms with Crippen molar-refractivity contribution in [2.45, 2.75) is 6.42 Å². The number of morpholine rings is 1. The van der Waals surface area contributed by atoms with Gasteiger partial charge in [0, 0.05) is 35.5 Å². The van der Waals surface area contributed by atoms with Gasteiger partial charge in [-0.1, -0.05) is 0 Å². The van der Waals surface area contributed by atoms with Gasteiger partial charge in [-0.25, -0.2) is 10.8 Å². The number of carbonyl (C=O) groups excluding carboxylic acids is 1. The first-order valence-corrected chi connectivity index (χ1v) is 8.20. The highest BCUT2D eigenvalue weighted by Gasteiger charge is 2.11. The van der Waals surface area contributed by atoms with Crippen LogP contribution in [-0.2, 0) is 16.0 Å². The van der Waals surface area contributed by atoms with Crippen molar-refractivity contribution in [1.29, 1.82) is 0 Å². The number of anilines is 3. The molecular formula is C15H19N5O2S. The van der Waals surface area contributed by atoms with Crippen molar-refractivity contribution in [3.8, 4) is 0 Å². The van der Waals surface area contributed by atoms with Gasteiger partial charge in [0.15, 0.2) is 5.13 Å². The van der Waals surface area contributed by atoms with Crippen molar-refractivity contribution in [1.82, 2.24) is 4.98 Å². The van der Waals surface area contributed by atoms with Gasteiger partial charge < -0.3 is 15.0 Å². The summed E-state index contributed by atoms with van der Waals surface area (Å²) < 4.78 is 5.35. The highest BCUT2D eigenvalue weighted by atomic mass is 32.1. The largest absolute Gasteiger partial charge is 0.378 e. The molecule has 122 valence electrons. The van der Waals surface area contributed by atoms with Gasteiger partial charge in [-0.2, -0.15) is 0 Å². The Balaban J connectivity index is 1.55. The molecule has 23 heavy (non-hydrogen) atoms. The molecular weight excluding hydrogens is 314 g/mol. The smallest absolute Gasteiger partial charge is 0.229 e. The van der Waals surface area contributed by atoms with Gasteiger partial charge in [-0.15, -0.1) is 11.3 Å². The van der Waals surface area contributed by atoms with E-state index in [4.69, 9.17) is 10.6 Å². The number of nitrogens with one attached hydrogen (secondary N) is 2. The number of nitrogens with zero attached hydrogens (tertiary/aromatic N) is 2. The average molecular weight is 333 g/mol. The van der Waals surface area contributed by atoms with Crippen molar-refractivity contribution >= 4 is 33.8 Å². The van der Waals surface area contributed by atoms with E-state index in [1.165, 1.54) is 11.3 Å². The molecule has 3 rings (SSSR count). The maximum absolute atomic E-state index is 12.1. The molecule has 4 N–H and O–H groups in total. The fraction of sp³-hybridized carbons (Fsp3) is 0.333. The zero-order chi connectivity index (χ0) is 16.1. The number of hydrogen-bond donors (Lipinski definition) is 3. The van der Waals surface area contributed by atoms with Crippen LogP contribution in [-0.4, -0.2) is 37.2 Å². The van der Waals surface area contributed by atoms with E-state index in [-0.39, 0.29) is 12.3 Å². The number of hydrazine groups is 1. The number of rotatable bonds is 5. The molecule has 0 spiro atoms. The molecule has 2 heterocycles. The van der Waals surface area contributed by atoms with Crippen LogP contribution in [0.4, 0.5) is 16.5 Å². The summed E-state index contributed by atoms with van der Waals surface area (Å²) in [6.45, 7) is 3.31. The molecule has 0 atom stereocenters. The Morgan fingerprint density at radius 1 is 1.30 bits per heavy atom. The van der Waals surface area contributed by atoms with Crippen LogP contribution in [0.5, 0.6) is 0 Å². The van der Waals surface area contributed by atoms with Crippen LogP contribution < -0.4 is 21.5 Å². The van der Waals surface area contributed by atoms with E-state index in [1.54, 1.807) is 6.20 Å². The van der Waals surface area contributed by atoms with Crippen LogP contribution in [0, 0.1) is 0 Å². The third-order valence-corrected chi connectivity index (χ3v) is 4.47. The lowest BCUT2D eigenvalue weighted by Gasteiger charge is -2.28. The molecule has 0 unspecified atom stereocenters. The van der Waals surface area contributed by atoms with E-state index in [9.17, 15) is 4.79 Å². The Morgan fingerprint density at radius 2 is 2.04 bits per heavy atom. The summed E-state index contributed by atoms with van der Waals surface area (Å²) in [6, 6.07) is 7.87. The predicted octanol–water partition coefficient (Wildman–Crippen LogP) is 1.45. The predicted molar refractivity (Wildman–Crippen MR) is 91.7 cm³/mol. The molecule has 0 radical (unpaired) electrons. The third-order valence-electron chi connectivity index (χ3n) is 3.54. The molecule has 0 bridgehead atoms. The van der Waals surface area contributed by atoms with E-state index < -0.39 is 0 Å². The first-order chi connectivity index (χ1) is 11.2. The second-order valence-electron chi connectivity index (χ2n) is 5.15. The molecule has 1 aromatic carbocycles. The van der Waals surface area contributed by atoms with Gasteiger partial charge in [-0.05, 0) is 24.3 Å². The number of hydrogen-bond acceptors (Lipinski definition) is 7. The summed E-state index contributed by atoms with van der Waals surface area (Å²) in [6.07, 6.45) is 1.94. The molecule has 8 heteroatoms. The normalized spacial score (nSPS) is 14.6. The van der Waals surface area contributed by atoms with E-state index in [1.807, 2.05) is 24.3 Å². The molecule has 2 aromatic rings. The summed E-state index contributed by atoms with van der Waals surface area (Å²) in [5, 5.41) is 3.49. The van der Waals surface area contributed by atoms with Gasteiger partial charge in [0.25, 0.3) is 0 Å². The molecule has 1 aliphatic rings. The van der Waals surface area contributed by atoms with Crippen LogP contribution in [0.25, 0.3) is 0 Å². The lowest BCUT2D eigenvalue weighted by atomic mass is 10.2. The number of amides is 1. The second-order valence-corrected chi connectivity index (χ2v) is 6.26. The number of thiazole rings is 1. The van der Waals surface area contributed by atoms with Crippen LogP contribution in [0.15, 0.2) is 30.5 Å². The van der Waals surface area contributed by atoms with Crippen LogP contribution in [0.1, 0.15) is 4.88 Å². The van der Waals surface area contributed by atoms with Crippen molar-refractivity contribution in [2.24, 2.45) is 5.84 Å². The van der Waals surface area contributed by atoms with Gasteiger partial charge in [0.1, 0.15) is 0 Å². The molecule has 1 fully saturated rings. The minimum Gasteiger partial charge on any atom is -0.378 e. The quantitative estimate of drug-likeness (QED) is 0.566. The highest BCUT2D eigenvalue weighted by molar-refractivity contribution is 7.15. The zero-order valence-corrected chi connectivity index (χ0v) is 13.4. The Bertz CT molecular complexity index is 652. The fourth-order valence-corrected chi connectivity index (χ4v) is 3.12. The van der Waals surface area contributed by atoms with Crippen molar-refractivity contribution in [3.05, 3.63) is 35.3 Å². The van der Waals surface area contributed by atoms with Crippen LogP contribution in [0.2, 0.25) is 0 Å². The third kappa shape index (κ3) is 4.19. The maximum Gasteiger partial charge on any atom is 0.229 e. The highest BCUT2D eigenvalue weighted by Crippen LogP contribution is 2.20. The maximum atomic E-state index is 12.1. The van der Waals surface area contributed by atoms with Gasteiger partial charge in [0.05, 0.1) is 19.6 Å². The Labute approximate surface area is 138 Å². The fourth-order valence-electron chi connectivity index (χ4n) is 2.40. The van der Waals surface area contributed by atoms with Crippen molar-refractivity contribution < 1.29 is 9.53 Å². The lowest BCUT2D eigenvalue weighted by Crippen LogP contribution is -2.36. The molecule has 1 saturated heterocycles. The summed E-state index contributed by atoms with van der Waals surface area (Å²) in [5.41, 5.74) is 4.40. The zero-order valence-electron chi connectivity index (χ0n) is 12.6. The van der Waals surface area contributed by atoms with Gasteiger partial charge in [-0.3, -0.25) is 10.2 Å². The molecule has 1 amide bonds. The first kappa shape index (κ1) is 15.7. The number of ether oxygens (including phenoxy) is 1. The number of nitrogens with two attached hydrogens (primary N) is 1. The topological polar surface area (TPSA) is 92.5 Å². The number of aromatic nitrogens is 1. The minimum atomic E-state index is -0.0728. The minimum absolute atomic E-state index is 0.0728. The molecule has 1 aromatic heterocycles. The molecule has 1 aliphatic heterocycles. The number of benzene rings is 1. The summed E-state index contributed by atoms with van der Waals surface area (Å²) >= 11 is 1.37. The second kappa shape index (κ2) is 7.40. The Hall–Kier alpha value is -2.16. The number of carbonyl (C=O) groups is 1. The van der Waals surface area contributed by atoms with E-state index in [0.29, 0.717) is 5.13 Å². The van der Waals surface area contributed by atoms with Crippen molar-refractivity contribution in [2.75, 3.05) is 41.9 Å². The monoisotopic (exact) mass is 333 g/mol. The van der Waals surface area contributed by atoms with Gasteiger partial charge in [0.2, 0.25) is 5.91 Å². The average Bonchev–Trinajstić information content (AvgIpc) is 3.04. The lowest BCUT2D eigenvalue weighted by molar-refractivity contribution is -0.115. The molecule has 7 nitrogen and oxygen atoms in total. The standard InChI is InChI=1S/C15H19N5O2S/c16-19-15-17-10-13(23-15)9-14(21)18-11-1-3-12(4-2-11)20-5-7-22-8-6-20/h1-4,10H,5-9,16H2,(H,17,19)(H,18,21). The summed E-state index contributed by atoms with van der Waals surface area (Å²) in [7, 11) is 0.